The first kappa shape index (κ1) is 11.2. The Labute approximate surface area is 85.5 Å². The summed E-state index contributed by atoms with van der Waals surface area (Å²) in [4.78, 5) is 4.25. The van der Waals surface area contributed by atoms with Crippen LogP contribution in [0.25, 0.3) is 0 Å². The Morgan fingerprint density at radius 2 is 2.14 bits per heavy atom. The van der Waals surface area contributed by atoms with Gasteiger partial charge in [0.05, 0.1) is 6.54 Å². The summed E-state index contributed by atoms with van der Waals surface area (Å²) in [5.41, 5.74) is 0. The molecule has 0 radical (unpaired) electrons. The van der Waals surface area contributed by atoms with Gasteiger partial charge in [-0.25, -0.2) is 4.98 Å². The van der Waals surface area contributed by atoms with Gasteiger partial charge < -0.3 is 5.32 Å². The summed E-state index contributed by atoms with van der Waals surface area (Å²) < 4.78 is 0. The molecule has 4 heteroatoms. The van der Waals surface area contributed by atoms with Gasteiger partial charge in [0.15, 0.2) is 5.82 Å². The first-order chi connectivity index (χ1) is 6.63. The second kappa shape index (κ2) is 5.10. The van der Waals surface area contributed by atoms with E-state index in [0.717, 1.165) is 24.6 Å². The summed E-state index contributed by atoms with van der Waals surface area (Å²) in [6.45, 7) is 9.31. The van der Waals surface area contributed by atoms with Crippen molar-refractivity contribution in [1.29, 1.82) is 0 Å². The van der Waals surface area contributed by atoms with Crippen LogP contribution in [-0.2, 0) is 6.54 Å². The van der Waals surface area contributed by atoms with Crippen molar-refractivity contribution in [3.63, 3.8) is 0 Å². The molecule has 0 aliphatic carbocycles. The van der Waals surface area contributed by atoms with E-state index in [9.17, 15) is 0 Å². The van der Waals surface area contributed by atoms with Gasteiger partial charge in [0.25, 0.3) is 0 Å². The largest absolute Gasteiger partial charge is 0.307 e. The maximum atomic E-state index is 4.25. The van der Waals surface area contributed by atoms with Crippen molar-refractivity contribution < 1.29 is 0 Å². The molecule has 4 nitrogen and oxygen atoms in total. The lowest BCUT2D eigenvalue weighted by molar-refractivity contribution is 0.383. The van der Waals surface area contributed by atoms with Crippen LogP contribution in [0.3, 0.4) is 0 Å². The van der Waals surface area contributed by atoms with Crippen LogP contribution in [0.1, 0.15) is 38.8 Å². The minimum Gasteiger partial charge on any atom is -0.307 e. The number of H-pyrrole nitrogens is 1. The third-order valence-electron chi connectivity index (χ3n) is 2.41. The molecule has 0 aromatic carbocycles. The maximum Gasteiger partial charge on any atom is 0.164 e. The van der Waals surface area contributed by atoms with E-state index in [1.165, 1.54) is 0 Å². The smallest absolute Gasteiger partial charge is 0.164 e. The highest BCUT2D eigenvalue weighted by atomic mass is 15.2. The Morgan fingerprint density at radius 3 is 2.57 bits per heavy atom. The molecule has 1 aromatic heterocycles. The van der Waals surface area contributed by atoms with Crippen LogP contribution in [0.4, 0.5) is 0 Å². The zero-order valence-electron chi connectivity index (χ0n) is 9.46. The van der Waals surface area contributed by atoms with Gasteiger partial charge in [-0.2, -0.15) is 5.10 Å². The highest BCUT2D eigenvalue weighted by Gasteiger charge is 2.10. The number of nitrogens with zero attached hydrogens (tertiary/aromatic N) is 2. The lowest BCUT2D eigenvalue weighted by Gasteiger charge is -2.19. The number of rotatable bonds is 5. The monoisotopic (exact) mass is 196 g/mol. The number of nitrogens with one attached hydrogen (secondary N) is 2. The fraction of sp³-hybridized carbons (Fsp3) is 0.800. The van der Waals surface area contributed by atoms with E-state index >= 15 is 0 Å². The van der Waals surface area contributed by atoms with Gasteiger partial charge in [-0.3, -0.25) is 5.10 Å². The van der Waals surface area contributed by atoms with E-state index in [1.54, 1.807) is 0 Å². The minimum absolute atomic E-state index is 0.550. The first-order valence-corrected chi connectivity index (χ1v) is 5.24. The molecule has 0 bridgehead atoms. The molecule has 0 aliphatic heterocycles. The molecule has 2 N–H and O–H groups in total. The molecule has 1 rings (SSSR count). The average Bonchev–Trinajstić information content (AvgIpc) is 2.52. The highest BCUT2D eigenvalue weighted by Crippen LogP contribution is 2.05. The van der Waals surface area contributed by atoms with Gasteiger partial charge in [-0.15, -0.1) is 0 Å². The second-order valence-electron chi connectivity index (χ2n) is 3.98. The maximum absolute atomic E-state index is 4.25. The van der Waals surface area contributed by atoms with Crippen LogP contribution in [0, 0.1) is 12.8 Å². The van der Waals surface area contributed by atoms with Gasteiger partial charge in [0.2, 0.25) is 0 Å². The van der Waals surface area contributed by atoms with E-state index < -0.39 is 0 Å². The van der Waals surface area contributed by atoms with Gasteiger partial charge >= 0.3 is 0 Å². The number of hydrogen-bond donors (Lipinski definition) is 2. The van der Waals surface area contributed by atoms with Crippen LogP contribution in [0.5, 0.6) is 0 Å². The molecule has 0 spiro atoms. The fourth-order valence-corrected chi connectivity index (χ4v) is 1.54. The predicted molar refractivity (Wildman–Crippen MR) is 56.9 cm³/mol. The van der Waals surface area contributed by atoms with E-state index in [4.69, 9.17) is 0 Å². The average molecular weight is 196 g/mol. The van der Waals surface area contributed by atoms with Crippen LogP contribution >= 0.6 is 0 Å². The van der Waals surface area contributed by atoms with Crippen LogP contribution in [-0.4, -0.2) is 21.2 Å². The molecule has 0 saturated heterocycles. The summed E-state index contributed by atoms with van der Waals surface area (Å²) in [6, 6.07) is 0.550. The number of aryl methyl sites for hydroxylation is 1. The second-order valence-corrected chi connectivity index (χ2v) is 3.98. The van der Waals surface area contributed by atoms with Crippen molar-refractivity contribution in [2.75, 3.05) is 0 Å². The van der Waals surface area contributed by atoms with Crippen LogP contribution < -0.4 is 5.32 Å². The number of hydrogen-bond acceptors (Lipinski definition) is 3. The van der Waals surface area contributed by atoms with Crippen LogP contribution in [0.2, 0.25) is 0 Å². The third kappa shape index (κ3) is 3.10. The van der Waals surface area contributed by atoms with Gasteiger partial charge in [0, 0.05) is 6.04 Å². The molecule has 1 heterocycles. The van der Waals surface area contributed by atoms with E-state index in [0.29, 0.717) is 12.0 Å². The summed E-state index contributed by atoms with van der Waals surface area (Å²) in [7, 11) is 0. The van der Waals surface area contributed by atoms with Crippen molar-refractivity contribution in [3.05, 3.63) is 11.6 Å². The first-order valence-electron chi connectivity index (χ1n) is 5.24. The van der Waals surface area contributed by atoms with Crippen molar-refractivity contribution in [2.45, 2.75) is 46.7 Å². The van der Waals surface area contributed by atoms with Gasteiger partial charge in [0.1, 0.15) is 5.82 Å². The van der Waals surface area contributed by atoms with Gasteiger partial charge in [-0.05, 0) is 19.3 Å². The van der Waals surface area contributed by atoms with E-state index in [-0.39, 0.29) is 0 Å². The standard InChI is InChI=1S/C10H20N4/c1-5-9(7(2)3)11-6-10-12-8(4)13-14-10/h7,9,11H,5-6H2,1-4H3,(H,12,13,14). The Bertz CT molecular complexity index is 267. The Morgan fingerprint density at radius 1 is 1.43 bits per heavy atom. The van der Waals surface area contributed by atoms with E-state index in [2.05, 4.69) is 41.3 Å². The van der Waals surface area contributed by atoms with E-state index in [1.807, 2.05) is 6.92 Å². The molecule has 80 valence electrons. The lowest BCUT2D eigenvalue weighted by atomic mass is 10.0. The predicted octanol–water partition coefficient (Wildman–Crippen LogP) is 1.64. The third-order valence-corrected chi connectivity index (χ3v) is 2.41. The Balaban J connectivity index is 2.39. The van der Waals surface area contributed by atoms with Crippen molar-refractivity contribution in [1.82, 2.24) is 20.5 Å². The zero-order chi connectivity index (χ0) is 10.6. The molecular weight excluding hydrogens is 176 g/mol. The van der Waals surface area contributed by atoms with Crippen molar-refractivity contribution in [2.24, 2.45) is 5.92 Å². The normalized spacial score (nSPS) is 13.5. The molecule has 0 saturated carbocycles. The molecule has 14 heavy (non-hydrogen) atoms. The van der Waals surface area contributed by atoms with Crippen molar-refractivity contribution >= 4 is 0 Å². The summed E-state index contributed by atoms with van der Waals surface area (Å²) in [6.07, 6.45) is 1.14. The quantitative estimate of drug-likeness (QED) is 0.752. The summed E-state index contributed by atoms with van der Waals surface area (Å²) in [5, 5.41) is 10.4. The molecule has 0 fully saturated rings. The number of aromatic nitrogens is 3. The molecule has 1 aromatic rings. The number of aromatic amines is 1. The molecule has 0 aliphatic rings. The van der Waals surface area contributed by atoms with Gasteiger partial charge in [-0.1, -0.05) is 20.8 Å². The Kier molecular flexibility index (Phi) is 4.07. The Hall–Kier alpha value is -0.900. The lowest BCUT2D eigenvalue weighted by Crippen LogP contribution is -2.32. The fourth-order valence-electron chi connectivity index (χ4n) is 1.54. The zero-order valence-corrected chi connectivity index (χ0v) is 9.46. The van der Waals surface area contributed by atoms with Crippen molar-refractivity contribution in [3.8, 4) is 0 Å². The molecular formula is C10H20N4. The molecule has 1 unspecified atom stereocenters. The highest BCUT2D eigenvalue weighted by molar-refractivity contribution is 4.87. The SMILES string of the molecule is CCC(NCc1n[nH]c(C)n1)C(C)C. The summed E-state index contributed by atoms with van der Waals surface area (Å²) in [5.74, 6) is 2.38. The minimum atomic E-state index is 0.550. The topological polar surface area (TPSA) is 53.6 Å². The summed E-state index contributed by atoms with van der Waals surface area (Å²) >= 11 is 0. The van der Waals surface area contributed by atoms with Crippen LogP contribution in [0.15, 0.2) is 0 Å². The molecule has 0 amide bonds. The molecule has 1 atom stereocenters.